The molecule has 1 aromatic carbocycles. The molecular formula is C17H19N3O2. The molecule has 22 heavy (non-hydrogen) atoms. The lowest BCUT2D eigenvalue weighted by atomic mass is 10.1. The van der Waals surface area contributed by atoms with Crippen LogP contribution in [-0.2, 0) is 0 Å². The smallest absolute Gasteiger partial charge is 0.322 e. The highest BCUT2D eigenvalue weighted by atomic mass is 16.5. The first-order chi connectivity index (χ1) is 10.8. The van der Waals surface area contributed by atoms with Gasteiger partial charge in [-0.25, -0.2) is 4.79 Å². The molecule has 5 heteroatoms. The molecule has 0 radical (unpaired) electrons. The van der Waals surface area contributed by atoms with Crippen molar-refractivity contribution in [3.63, 3.8) is 0 Å². The molecule has 1 saturated heterocycles. The summed E-state index contributed by atoms with van der Waals surface area (Å²) in [6, 6.07) is 11.3. The van der Waals surface area contributed by atoms with E-state index in [-0.39, 0.29) is 12.1 Å². The van der Waals surface area contributed by atoms with E-state index in [2.05, 4.69) is 10.3 Å². The molecule has 0 aliphatic carbocycles. The third-order valence-corrected chi connectivity index (χ3v) is 3.93. The predicted molar refractivity (Wildman–Crippen MR) is 84.9 cm³/mol. The summed E-state index contributed by atoms with van der Waals surface area (Å²) < 4.78 is 5.28. The fourth-order valence-corrected chi connectivity index (χ4v) is 2.86. The molecule has 1 unspecified atom stereocenters. The summed E-state index contributed by atoms with van der Waals surface area (Å²) in [5.41, 5.74) is 1.77. The van der Waals surface area contributed by atoms with Crippen LogP contribution in [0.15, 0.2) is 48.8 Å². The van der Waals surface area contributed by atoms with Gasteiger partial charge < -0.3 is 15.0 Å². The Morgan fingerprint density at radius 3 is 2.95 bits per heavy atom. The number of carbonyl (C=O) groups excluding carboxylic acids is 1. The summed E-state index contributed by atoms with van der Waals surface area (Å²) in [5.74, 6) is 0.660. The topological polar surface area (TPSA) is 54.5 Å². The molecule has 1 aliphatic rings. The third-order valence-electron chi connectivity index (χ3n) is 3.93. The maximum Gasteiger partial charge on any atom is 0.322 e. The van der Waals surface area contributed by atoms with E-state index in [0.29, 0.717) is 11.4 Å². The number of para-hydroxylation sites is 2. The van der Waals surface area contributed by atoms with Gasteiger partial charge in [0.1, 0.15) is 5.75 Å². The quantitative estimate of drug-likeness (QED) is 0.944. The second kappa shape index (κ2) is 6.47. The van der Waals surface area contributed by atoms with E-state index >= 15 is 0 Å². The van der Waals surface area contributed by atoms with Crippen molar-refractivity contribution < 1.29 is 9.53 Å². The molecule has 1 fully saturated rings. The average Bonchev–Trinajstić information content (AvgIpc) is 3.06. The van der Waals surface area contributed by atoms with Crippen molar-refractivity contribution in [3.8, 4) is 5.75 Å². The Labute approximate surface area is 129 Å². The van der Waals surface area contributed by atoms with Crippen LogP contribution in [0.1, 0.15) is 24.4 Å². The number of nitrogens with zero attached hydrogens (tertiary/aromatic N) is 2. The van der Waals surface area contributed by atoms with Gasteiger partial charge in [-0.2, -0.15) is 0 Å². The second-order valence-corrected chi connectivity index (χ2v) is 5.27. The summed E-state index contributed by atoms with van der Waals surface area (Å²) in [5, 5.41) is 2.94. The zero-order valence-corrected chi connectivity index (χ0v) is 12.5. The van der Waals surface area contributed by atoms with Gasteiger partial charge >= 0.3 is 6.03 Å². The van der Waals surface area contributed by atoms with Gasteiger partial charge in [0, 0.05) is 18.9 Å². The zero-order valence-electron chi connectivity index (χ0n) is 12.5. The highest BCUT2D eigenvalue weighted by Gasteiger charge is 2.30. The number of ether oxygens (including phenoxy) is 1. The van der Waals surface area contributed by atoms with Crippen LogP contribution in [0.2, 0.25) is 0 Å². The number of benzene rings is 1. The summed E-state index contributed by atoms with van der Waals surface area (Å²) in [6.07, 6.45) is 5.54. The van der Waals surface area contributed by atoms with E-state index in [4.69, 9.17) is 4.74 Å². The Bertz CT molecular complexity index is 645. The maximum absolute atomic E-state index is 12.6. The molecule has 1 aromatic heterocycles. The highest BCUT2D eigenvalue weighted by molar-refractivity contribution is 5.91. The predicted octanol–water partition coefficient (Wildman–Crippen LogP) is 3.46. The number of carbonyl (C=O) groups is 1. The van der Waals surface area contributed by atoms with Crippen LogP contribution in [0, 0.1) is 0 Å². The van der Waals surface area contributed by atoms with E-state index < -0.39 is 0 Å². The molecule has 1 atom stereocenters. The third kappa shape index (κ3) is 2.88. The molecule has 2 amide bonds. The molecule has 5 nitrogen and oxygen atoms in total. The Balaban J connectivity index is 1.77. The number of anilines is 1. The fraction of sp³-hybridized carbons (Fsp3) is 0.294. The normalized spacial score (nSPS) is 17.3. The fourth-order valence-electron chi connectivity index (χ4n) is 2.86. The molecule has 3 rings (SSSR count). The van der Waals surface area contributed by atoms with Crippen LogP contribution in [-0.4, -0.2) is 29.6 Å². The Kier molecular flexibility index (Phi) is 4.23. The monoisotopic (exact) mass is 297 g/mol. The molecule has 0 saturated carbocycles. The van der Waals surface area contributed by atoms with Crippen LogP contribution in [0.5, 0.6) is 5.75 Å². The van der Waals surface area contributed by atoms with Crippen LogP contribution in [0.3, 0.4) is 0 Å². The first-order valence-electron chi connectivity index (χ1n) is 7.40. The first-order valence-corrected chi connectivity index (χ1v) is 7.40. The lowest BCUT2D eigenvalue weighted by Crippen LogP contribution is -2.34. The summed E-state index contributed by atoms with van der Waals surface area (Å²) in [4.78, 5) is 18.6. The van der Waals surface area contributed by atoms with Crippen LogP contribution in [0.4, 0.5) is 10.5 Å². The number of aromatic nitrogens is 1. The van der Waals surface area contributed by atoms with Crippen molar-refractivity contribution in [1.29, 1.82) is 0 Å². The number of nitrogens with one attached hydrogen (secondary N) is 1. The van der Waals surface area contributed by atoms with E-state index in [1.165, 1.54) is 0 Å². The number of rotatable bonds is 3. The van der Waals surface area contributed by atoms with Crippen molar-refractivity contribution in [2.75, 3.05) is 19.0 Å². The lowest BCUT2D eigenvalue weighted by molar-refractivity contribution is 0.207. The maximum atomic E-state index is 12.6. The number of urea groups is 1. The number of hydrogen-bond donors (Lipinski definition) is 1. The number of amides is 2. The minimum atomic E-state index is -0.101. The number of hydrogen-bond acceptors (Lipinski definition) is 3. The molecule has 1 aliphatic heterocycles. The summed E-state index contributed by atoms with van der Waals surface area (Å²) >= 11 is 0. The van der Waals surface area contributed by atoms with Crippen molar-refractivity contribution in [1.82, 2.24) is 9.88 Å². The first kappa shape index (κ1) is 14.4. The van der Waals surface area contributed by atoms with Gasteiger partial charge in [0.15, 0.2) is 0 Å². The molecule has 0 bridgehead atoms. The zero-order chi connectivity index (χ0) is 15.4. The molecule has 114 valence electrons. The molecule has 1 N–H and O–H groups in total. The summed E-state index contributed by atoms with van der Waals surface area (Å²) in [6.45, 7) is 0.751. The molecule has 0 spiro atoms. The highest BCUT2D eigenvalue weighted by Crippen LogP contribution is 2.32. The molecule has 2 aromatic rings. The second-order valence-electron chi connectivity index (χ2n) is 5.27. The number of likely N-dealkylation sites (tertiary alicyclic amines) is 1. The van der Waals surface area contributed by atoms with E-state index in [0.717, 1.165) is 24.9 Å². The van der Waals surface area contributed by atoms with E-state index in [9.17, 15) is 4.79 Å². The standard InChI is InChI=1S/C17H19N3O2/c1-22-16-9-3-2-7-14(16)19-17(21)20-11-5-8-15(20)13-6-4-10-18-12-13/h2-4,6-7,9-10,12,15H,5,8,11H2,1H3,(H,19,21). The number of methoxy groups -OCH3 is 1. The molecule has 2 heterocycles. The Morgan fingerprint density at radius 2 is 2.18 bits per heavy atom. The largest absolute Gasteiger partial charge is 0.495 e. The molecular weight excluding hydrogens is 278 g/mol. The average molecular weight is 297 g/mol. The number of pyridine rings is 1. The lowest BCUT2D eigenvalue weighted by Gasteiger charge is -2.25. The van der Waals surface area contributed by atoms with Crippen LogP contribution >= 0.6 is 0 Å². The summed E-state index contributed by atoms with van der Waals surface area (Å²) in [7, 11) is 1.60. The van der Waals surface area contributed by atoms with Gasteiger partial charge in [-0.05, 0) is 36.6 Å². The van der Waals surface area contributed by atoms with Crippen molar-refractivity contribution in [2.45, 2.75) is 18.9 Å². The van der Waals surface area contributed by atoms with E-state index in [1.807, 2.05) is 47.5 Å². The SMILES string of the molecule is COc1ccccc1NC(=O)N1CCCC1c1cccnc1. The van der Waals surface area contributed by atoms with E-state index in [1.54, 1.807) is 13.3 Å². The van der Waals surface area contributed by atoms with Gasteiger partial charge in [-0.3, -0.25) is 4.98 Å². The Hall–Kier alpha value is -2.56. The van der Waals surface area contributed by atoms with Gasteiger partial charge in [-0.1, -0.05) is 18.2 Å². The van der Waals surface area contributed by atoms with Crippen LogP contribution in [0.25, 0.3) is 0 Å². The van der Waals surface area contributed by atoms with Crippen molar-refractivity contribution in [3.05, 3.63) is 54.4 Å². The van der Waals surface area contributed by atoms with Gasteiger partial charge in [0.05, 0.1) is 18.8 Å². The van der Waals surface area contributed by atoms with Crippen LogP contribution < -0.4 is 10.1 Å². The van der Waals surface area contributed by atoms with Gasteiger partial charge in [0.25, 0.3) is 0 Å². The van der Waals surface area contributed by atoms with Crippen molar-refractivity contribution >= 4 is 11.7 Å². The van der Waals surface area contributed by atoms with Gasteiger partial charge in [-0.15, -0.1) is 0 Å². The van der Waals surface area contributed by atoms with Crippen molar-refractivity contribution in [2.24, 2.45) is 0 Å². The Morgan fingerprint density at radius 1 is 1.32 bits per heavy atom. The van der Waals surface area contributed by atoms with Gasteiger partial charge in [0.2, 0.25) is 0 Å². The minimum Gasteiger partial charge on any atom is -0.495 e. The minimum absolute atomic E-state index is 0.0865.